The quantitative estimate of drug-likeness (QED) is 0.714. The van der Waals surface area contributed by atoms with Gasteiger partial charge in [0.25, 0.3) is 0 Å². The lowest BCUT2D eigenvalue weighted by Gasteiger charge is -2.29. The monoisotopic (exact) mass is 422 g/mol. The Kier molecular flexibility index (Phi) is 6.48. The van der Waals surface area contributed by atoms with Gasteiger partial charge in [0, 0.05) is 25.2 Å². The van der Waals surface area contributed by atoms with E-state index in [2.05, 4.69) is 5.32 Å². The number of sulfonamides is 1. The molecule has 0 radical (unpaired) electrons. The number of rotatable bonds is 7. The van der Waals surface area contributed by atoms with Crippen LogP contribution in [0.3, 0.4) is 0 Å². The van der Waals surface area contributed by atoms with Crippen molar-refractivity contribution in [2.45, 2.75) is 30.6 Å². The van der Waals surface area contributed by atoms with Crippen LogP contribution >= 0.6 is 11.3 Å². The molecule has 2 aromatic rings. The molecule has 7 nitrogen and oxygen atoms in total. The molecule has 0 saturated carbocycles. The molecule has 1 saturated heterocycles. The number of piperidine rings is 1. The van der Waals surface area contributed by atoms with Crippen molar-refractivity contribution in [2.75, 3.05) is 18.4 Å². The zero-order chi connectivity index (χ0) is 20.1. The third-order valence-corrected chi connectivity index (χ3v) is 7.34. The van der Waals surface area contributed by atoms with Crippen LogP contribution in [0.1, 0.15) is 24.8 Å². The van der Waals surface area contributed by atoms with E-state index in [-0.39, 0.29) is 17.3 Å². The number of benzene rings is 1. The molecule has 28 heavy (non-hydrogen) atoms. The number of carboxylic acids is 1. The Balaban J connectivity index is 1.61. The van der Waals surface area contributed by atoms with Gasteiger partial charge in [-0.1, -0.05) is 0 Å². The number of carbonyl (C=O) groups is 2. The number of aliphatic carboxylic acids is 1. The number of carbonyl (C=O) groups excluding carboxylic acids is 1. The van der Waals surface area contributed by atoms with E-state index in [1.807, 2.05) is 16.8 Å². The Morgan fingerprint density at radius 1 is 1.21 bits per heavy atom. The molecule has 150 valence electrons. The Morgan fingerprint density at radius 3 is 2.61 bits per heavy atom. The van der Waals surface area contributed by atoms with Gasteiger partial charge >= 0.3 is 5.97 Å². The maximum Gasteiger partial charge on any atom is 0.307 e. The SMILES string of the molecule is O=C(CCc1ccsc1)Nc1ccc(S(=O)(=O)N2CCC[C@@H](C(=O)O)C2)cc1. The van der Waals surface area contributed by atoms with Crippen molar-refractivity contribution in [2.24, 2.45) is 5.92 Å². The van der Waals surface area contributed by atoms with Gasteiger partial charge in [0.1, 0.15) is 0 Å². The minimum Gasteiger partial charge on any atom is -0.481 e. The number of carboxylic acid groups (broad SMARTS) is 1. The Labute approximate surface area is 168 Å². The number of amides is 1. The molecule has 1 atom stereocenters. The Hall–Kier alpha value is -2.23. The zero-order valence-corrected chi connectivity index (χ0v) is 16.8. The summed E-state index contributed by atoms with van der Waals surface area (Å²) in [7, 11) is -3.76. The summed E-state index contributed by atoms with van der Waals surface area (Å²) in [5.74, 6) is -1.78. The fraction of sp³-hybridized carbons (Fsp3) is 0.368. The van der Waals surface area contributed by atoms with Gasteiger partial charge in [0.2, 0.25) is 15.9 Å². The normalized spacial score (nSPS) is 17.9. The molecule has 0 unspecified atom stereocenters. The van der Waals surface area contributed by atoms with Crippen LogP contribution in [-0.4, -0.2) is 42.8 Å². The fourth-order valence-corrected chi connectivity index (χ4v) is 5.36. The van der Waals surface area contributed by atoms with Crippen LogP contribution in [0.25, 0.3) is 0 Å². The topological polar surface area (TPSA) is 104 Å². The van der Waals surface area contributed by atoms with Crippen LogP contribution in [0.2, 0.25) is 0 Å². The summed E-state index contributed by atoms with van der Waals surface area (Å²) in [6, 6.07) is 7.96. The lowest BCUT2D eigenvalue weighted by Crippen LogP contribution is -2.42. The Morgan fingerprint density at radius 2 is 1.96 bits per heavy atom. The molecule has 1 aromatic heterocycles. The molecule has 1 amide bonds. The van der Waals surface area contributed by atoms with Crippen LogP contribution in [0.15, 0.2) is 46.0 Å². The molecule has 2 N–H and O–H groups in total. The molecular formula is C19H22N2O5S2. The smallest absolute Gasteiger partial charge is 0.307 e. The summed E-state index contributed by atoms with van der Waals surface area (Å²) in [6.07, 6.45) is 2.01. The molecule has 1 aliphatic rings. The fourth-order valence-electron chi connectivity index (χ4n) is 3.14. The number of aryl methyl sites for hydroxylation is 1. The maximum atomic E-state index is 12.8. The molecule has 0 bridgehead atoms. The van der Waals surface area contributed by atoms with E-state index >= 15 is 0 Å². The van der Waals surface area contributed by atoms with Crippen molar-refractivity contribution in [3.8, 4) is 0 Å². The average Bonchev–Trinajstić information content (AvgIpc) is 3.20. The van der Waals surface area contributed by atoms with Gasteiger partial charge in [-0.3, -0.25) is 9.59 Å². The van der Waals surface area contributed by atoms with Gasteiger partial charge in [-0.2, -0.15) is 15.6 Å². The first-order chi connectivity index (χ1) is 13.4. The van der Waals surface area contributed by atoms with Crippen molar-refractivity contribution in [1.29, 1.82) is 0 Å². The summed E-state index contributed by atoms with van der Waals surface area (Å²) >= 11 is 1.59. The predicted molar refractivity (Wildman–Crippen MR) is 107 cm³/mol. The van der Waals surface area contributed by atoms with Gasteiger partial charge < -0.3 is 10.4 Å². The summed E-state index contributed by atoms with van der Waals surface area (Å²) < 4.78 is 26.8. The van der Waals surface area contributed by atoms with Crippen molar-refractivity contribution in [3.63, 3.8) is 0 Å². The largest absolute Gasteiger partial charge is 0.481 e. The van der Waals surface area contributed by atoms with Crippen molar-refractivity contribution >= 4 is 38.9 Å². The Bertz CT molecular complexity index is 924. The number of nitrogens with one attached hydrogen (secondary N) is 1. The predicted octanol–water partition coefficient (Wildman–Crippen LogP) is 2.80. The van der Waals surface area contributed by atoms with Crippen molar-refractivity contribution < 1.29 is 23.1 Å². The van der Waals surface area contributed by atoms with Crippen LogP contribution < -0.4 is 5.32 Å². The van der Waals surface area contributed by atoms with Crippen LogP contribution in [0, 0.1) is 5.92 Å². The average molecular weight is 423 g/mol. The number of hydrogen-bond donors (Lipinski definition) is 2. The number of thiophene rings is 1. The lowest BCUT2D eigenvalue weighted by molar-refractivity contribution is -0.142. The second kappa shape index (κ2) is 8.85. The molecule has 1 fully saturated rings. The number of nitrogens with zero attached hydrogens (tertiary/aromatic N) is 1. The lowest BCUT2D eigenvalue weighted by atomic mass is 10.0. The molecule has 3 rings (SSSR count). The molecule has 1 aromatic carbocycles. The molecule has 2 heterocycles. The van der Waals surface area contributed by atoms with Gasteiger partial charge in [-0.05, 0) is 65.9 Å². The number of hydrogen-bond acceptors (Lipinski definition) is 5. The second-order valence-electron chi connectivity index (χ2n) is 6.74. The first-order valence-corrected chi connectivity index (χ1v) is 11.4. The summed E-state index contributed by atoms with van der Waals surface area (Å²) in [5, 5.41) is 15.9. The van der Waals surface area contributed by atoms with Crippen molar-refractivity contribution in [3.05, 3.63) is 46.7 Å². The maximum absolute atomic E-state index is 12.8. The number of anilines is 1. The second-order valence-corrected chi connectivity index (χ2v) is 9.46. The van der Waals surface area contributed by atoms with Gasteiger partial charge in [0.15, 0.2) is 0 Å². The van der Waals surface area contributed by atoms with E-state index in [0.717, 1.165) is 5.56 Å². The highest BCUT2D eigenvalue weighted by Crippen LogP contribution is 2.25. The third kappa shape index (κ3) is 4.98. The highest BCUT2D eigenvalue weighted by molar-refractivity contribution is 7.89. The van der Waals surface area contributed by atoms with Crippen LogP contribution in [-0.2, 0) is 26.0 Å². The van der Waals surface area contributed by atoms with E-state index in [1.165, 1.54) is 16.4 Å². The minimum atomic E-state index is -3.76. The highest BCUT2D eigenvalue weighted by Gasteiger charge is 2.33. The van der Waals surface area contributed by atoms with Gasteiger partial charge in [0.05, 0.1) is 10.8 Å². The standard InChI is InChI=1S/C19H22N2O5S2/c22-18(8-3-14-9-11-27-13-14)20-16-4-6-17(7-5-16)28(25,26)21-10-1-2-15(12-21)19(23)24/h4-7,9,11,13,15H,1-3,8,10,12H2,(H,20,22)(H,23,24)/t15-/m1/s1. The molecule has 0 aliphatic carbocycles. The van der Waals surface area contributed by atoms with Crippen LogP contribution in [0.4, 0.5) is 5.69 Å². The van der Waals surface area contributed by atoms with E-state index < -0.39 is 21.9 Å². The minimum absolute atomic E-state index is 0.0151. The van der Waals surface area contributed by atoms with Gasteiger partial charge in [-0.15, -0.1) is 0 Å². The molecule has 0 spiro atoms. The highest BCUT2D eigenvalue weighted by atomic mass is 32.2. The van der Waals surface area contributed by atoms with E-state index in [9.17, 15) is 18.0 Å². The first-order valence-electron chi connectivity index (χ1n) is 9.00. The third-order valence-electron chi connectivity index (χ3n) is 4.73. The van der Waals surface area contributed by atoms with Crippen LogP contribution in [0.5, 0.6) is 0 Å². The zero-order valence-electron chi connectivity index (χ0n) is 15.2. The summed E-state index contributed by atoms with van der Waals surface area (Å²) in [4.78, 5) is 23.3. The van der Waals surface area contributed by atoms with E-state index in [0.29, 0.717) is 37.9 Å². The van der Waals surface area contributed by atoms with Crippen molar-refractivity contribution in [1.82, 2.24) is 4.31 Å². The van der Waals surface area contributed by atoms with E-state index in [4.69, 9.17) is 5.11 Å². The molecule has 1 aliphatic heterocycles. The summed E-state index contributed by atoms with van der Waals surface area (Å²) in [6.45, 7) is 0.298. The molecule has 9 heteroatoms. The first kappa shape index (κ1) is 20.5. The summed E-state index contributed by atoms with van der Waals surface area (Å²) in [5.41, 5.74) is 1.64. The van der Waals surface area contributed by atoms with E-state index in [1.54, 1.807) is 23.5 Å². The van der Waals surface area contributed by atoms with Gasteiger partial charge in [-0.25, -0.2) is 8.42 Å². The molecular weight excluding hydrogens is 400 g/mol.